The highest BCUT2D eigenvalue weighted by Crippen LogP contribution is 2.55. The number of furan rings is 3. The maximum atomic E-state index is 13.7. The first-order valence-corrected chi connectivity index (χ1v) is 25.9. The molecule has 3 N–H and O–H groups in total. The van der Waals surface area contributed by atoms with E-state index in [0.29, 0.717) is 29.1 Å². The number of nitrogens with one attached hydrogen (secondary N) is 3. The van der Waals surface area contributed by atoms with Crippen molar-refractivity contribution in [1.82, 2.24) is 16.0 Å². The van der Waals surface area contributed by atoms with Crippen LogP contribution < -0.4 is 16.0 Å². The van der Waals surface area contributed by atoms with E-state index >= 15 is 0 Å². The zero-order valence-corrected chi connectivity index (χ0v) is 40.1. The Morgan fingerprint density at radius 2 is 0.910 bits per heavy atom. The second-order valence-electron chi connectivity index (χ2n) is 22.5. The molecule has 3 aromatic carbocycles. The first kappa shape index (κ1) is 44.2. The minimum absolute atomic E-state index is 0.0357. The Labute approximate surface area is 394 Å². The van der Waals surface area contributed by atoms with Crippen molar-refractivity contribution < 1.29 is 27.6 Å². The molecule has 6 aliphatic carbocycles. The highest BCUT2D eigenvalue weighted by molar-refractivity contribution is 5.99. The van der Waals surface area contributed by atoms with E-state index in [-0.39, 0.29) is 35.3 Å². The molecule has 4 bridgehead atoms. The predicted molar refractivity (Wildman–Crippen MR) is 264 cm³/mol. The molecular formula is C58H69N3O6. The van der Waals surface area contributed by atoms with Gasteiger partial charge in [-0.25, -0.2) is 0 Å². The summed E-state index contributed by atoms with van der Waals surface area (Å²) in [5, 5.41) is 13.1. The zero-order valence-electron chi connectivity index (χ0n) is 40.1. The Hall–Kier alpha value is -5.31. The lowest BCUT2D eigenvalue weighted by molar-refractivity contribution is -0.0171. The summed E-state index contributed by atoms with van der Waals surface area (Å²) in [5.41, 5.74) is 9.37. The van der Waals surface area contributed by atoms with Gasteiger partial charge in [0.25, 0.3) is 17.7 Å². The summed E-state index contributed by atoms with van der Waals surface area (Å²) in [6.45, 7) is 8.35. The van der Waals surface area contributed by atoms with Crippen LogP contribution in [-0.2, 0) is 12.8 Å². The van der Waals surface area contributed by atoms with Crippen LogP contribution in [0.5, 0.6) is 0 Å². The molecule has 2 atom stereocenters. The Balaban J connectivity index is 0.655. The monoisotopic (exact) mass is 904 g/mol. The fourth-order valence-electron chi connectivity index (χ4n) is 14.2. The molecule has 3 heterocycles. The largest absolute Gasteiger partial charge is 0.451 e. The first-order chi connectivity index (χ1) is 32.4. The van der Waals surface area contributed by atoms with E-state index in [9.17, 15) is 14.4 Å². The van der Waals surface area contributed by atoms with E-state index in [4.69, 9.17) is 13.3 Å². The Morgan fingerprint density at radius 3 is 1.40 bits per heavy atom. The third-order valence-electron chi connectivity index (χ3n) is 17.0. The van der Waals surface area contributed by atoms with Gasteiger partial charge in [0.05, 0.1) is 0 Å². The molecule has 6 aromatic rings. The molecule has 6 aliphatic rings. The number of benzene rings is 3. The van der Waals surface area contributed by atoms with Gasteiger partial charge in [-0.1, -0.05) is 56.7 Å². The average molecular weight is 904 g/mol. The van der Waals surface area contributed by atoms with Gasteiger partial charge in [0, 0.05) is 33.8 Å². The molecule has 6 fully saturated rings. The molecular weight excluding hydrogens is 835 g/mol. The number of hydrogen-bond donors (Lipinski definition) is 3. The Morgan fingerprint density at radius 1 is 0.493 bits per heavy atom. The maximum Gasteiger partial charge on any atom is 0.287 e. The van der Waals surface area contributed by atoms with Crippen molar-refractivity contribution in [3.63, 3.8) is 0 Å². The number of fused-ring (bicyclic) bond motifs is 3. The van der Waals surface area contributed by atoms with Crippen molar-refractivity contribution in [2.75, 3.05) is 0 Å². The SMILES string of the molecule is Cc1cc(C)c2cc(C(=O)NC3CCCC(Cc4cc(C)c5cc(C(=O)NC6CCCC(Cc7cc(C)c8cc(C(=O)NC9%10CC%11CC(CC(C%11)C9)C%10)oc8c7)CCC6)oc5c4)CC3)oc2c1. The van der Waals surface area contributed by atoms with Crippen molar-refractivity contribution in [1.29, 1.82) is 0 Å². The van der Waals surface area contributed by atoms with E-state index in [2.05, 4.69) is 67.1 Å². The summed E-state index contributed by atoms with van der Waals surface area (Å²) >= 11 is 0. The first-order valence-electron chi connectivity index (χ1n) is 25.9. The topological polar surface area (TPSA) is 127 Å². The maximum absolute atomic E-state index is 13.7. The van der Waals surface area contributed by atoms with Gasteiger partial charge in [0.15, 0.2) is 17.3 Å². The fourth-order valence-corrected chi connectivity index (χ4v) is 14.2. The van der Waals surface area contributed by atoms with Crippen molar-refractivity contribution >= 4 is 50.6 Å². The van der Waals surface area contributed by atoms with Crippen LogP contribution in [0.25, 0.3) is 32.9 Å². The van der Waals surface area contributed by atoms with E-state index in [1.165, 1.54) is 36.0 Å². The molecule has 3 amide bonds. The molecule has 9 nitrogen and oxygen atoms in total. The highest BCUT2D eigenvalue weighted by Gasteiger charge is 2.51. The molecule has 12 rings (SSSR count). The van der Waals surface area contributed by atoms with Gasteiger partial charge in [0.2, 0.25) is 0 Å². The average Bonchev–Trinajstić information content (AvgIpc) is 3.98. The van der Waals surface area contributed by atoms with Crippen LogP contribution in [-0.4, -0.2) is 35.3 Å². The summed E-state index contributed by atoms with van der Waals surface area (Å²) in [4.78, 5) is 40.6. The minimum atomic E-state index is -0.131. The van der Waals surface area contributed by atoms with E-state index in [1.54, 1.807) is 0 Å². The second-order valence-corrected chi connectivity index (χ2v) is 22.5. The number of aryl methyl sites for hydroxylation is 4. The van der Waals surface area contributed by atoms with E-state index in [0.717, 1.165) is 170 Å². The van der Waals surface area contributed by atoms with Crippen LogP contribution in [0.3, 0.4) is 0 Å². The predicted octanol–water partition coefficient (Wildman–Crippen LogP) is 13.1. The van der Waals surface area contributed by atoms with Gasteiger partial charge in [-0.3, -0.25) is 14.4 Å². The van der Waals surface area contributed by atoms with Crippen LogP contribution in [0.1, 0.15) is 174 Å². The standard InChI is InChI=1S/C58H69N3O6/c1-33-16-34(2)46-27-52(65-49(46)17-33)56(63)60-45-13-7-10-38(14-15-45)21-40-19-35(3)47-28-53(66-50(47)26-40)55(62)59-44-11-5-8-37(9-6-12-44)20-39-18-36(4)48-29-54(67-51(48)25-39)57(64)61-58-30-41-22-42(31-58)24-43(23-41)32-58/h16-19,25-29,37-38,41-45H,5-15,20-24,30-32H2,1-4H3,(H,59,62)(H,60,63)(H,61,64). The summed E-state index contributed by atoms with van der Waals surface area (Å²) < 4.78 is 18.6. The fraction of sp³-hybridized carbons (Fsp3) is 0.534. The third-order valence-corrected chi connectivity index (χ3v) is 17.0. The molecule has 67 heavy (non-hydrogen) atoms. The van der Waals surface area contributed by atoms with E-state index in [1.807, 2.05) is 31.2 Å². The highest BCUT2D eigenvalue weighted by atomic mass is 16.4. The molecule has 0 aliphatic heterocycles. The molecule has 6 saturated carbocycles. The number of amides is 3. The van der Waals surface area contributed by atoms with Crippen LogP contribution >= 0.6 is 0 Å². The second kappa shape index (κ2) is 18.0. The molecule has 0 saturated heterocycles. The molecule has 2 unspecified atom stereocenters. The summed E-state index contributed by atoms with van der Waals surface area (Å²) in [7, 11) is 0. The van der Waals surface area contributed by atoms with Crippen LogP contribution in [0.15, 0.2) is 67.8 Å². The van der Waals surface area contributed by atoms with Crippen molar-refractivity contribution in [3.05, 3.63) is 105 Å². The van der Waals surface area contributed by atoms with Crippen molar-refractivity contribution in [3.8, 4) is 0 Å². The third kappa shape index (κ3) is 9.33. The number of carbonyl (C=O) groups excluding carboxylic acids is 3. The van der Waals surface area contributed by atoms with E-state index < -0.39 is 0 Å². The van der Waals surface area contributed by atoms with Gasteiger partial charge in [-0.05, 0) is 211 Å². The van der Waals surface area contributed by atoms with Crippen LogP contribution in [0.4, 0.5) is 0 Å². The molecule has 0 radical (unpaired) electrons. The Bertz CT molecular complexity index is 2810. The summed E-state index contributed by atoms with van der Waals surface area (Å²) in [6, 6.07) is 19.0. The van der Waals surface area contributed by atoms with Crippen molar-refractivity contribution in [2.24, 2.45) is 29.6 Å². The van der Waals surface area contributed by atoms with Crippen molar-refractivity contribution in [2.45, 2.75) is 167 Å². The molecule has 0 spiro atoms. The van der Waals surface area contributed by atoms with Gasteiger partial charge >= 0.3 is 0 Å². The van der Waals surface area contributed by atoms with Gasteiger partial charge in [0.1, 0.15) is 16.7 Å². The number of rotatable bonds is 10. The van der Waals surface area contributed by atoms with Gasteiger partial charge < -0.3 is 29.2 Å². The molecule has 9 heteroatoms. The number of hydrogen-bond acceptors (Lipinski definition) is 6. The molecule has 352 valence electrons. The number of carbonyl (C=O) groups is 3. The smallest absolute Gasteiger partial charge is 0.287 e. The summed E-state index contributed by atoms with van der Waals surface area (Å²) in [5.74, 6) is 4.33. The van der Waals surface area contributed by atoms with Gasteiger partial charge in [-0.2, -0.15) is 0 Å². The quantitative estimate of drug-likeness (QED) is 0.118. The lowest BCUT2D eigenvalue weighted by Crippen LogP contribution is -2.59. The summed E-state index contributed by atoms with van der Waals surface area (Å²) in [6.07, 6.45) is 20.8. The lowest BCUT2D eigenvalue weighted by atomic mass is 9.53. The lowest BCUT2D eigenvalue weighted by Gasteiger charge is -2.56. The van der Waals surface area contributed by atoms with Gasteiger partial charge in [-0.15, -0.1) is 0 Å². The molecule has 3 aromatic heterocycles. The minimum Gasteiger partial charge on any atom is -0.451 e. The zero-order chi connectivity index (χ0) is 46.0. The van der Waals surface area contributed by atoms with Crippen LogP contribution in [0, 0.1) is 57.3 Å². The normalized spacial score (nSPS) is 27.5. The van der Waals surface area contributed by atoms with Crippen LogP contribution in [0.2, 0.25) is 0 Å². The Kier molecular flexibility index (Phi) is 11.9.